The Morgan fingerprint density at radius 2 is 2.55 bits per heavy atom. The first-order chi connectivity index (χ1) is 5.42. The molecule has 55 valence electrons. The van der Waals surface area contributed by atoms with E-state index in [0.717, 1.165) is 12.1 Å². The fraction of sp³-hybridized carbons (Fsp3) is 0.286. The summed E-state index contributed by atoms with van der Waals surface area (Å²) in [4.78, 5) is 3.98. The van der Waals surface area contributed by atoms with Crippen LogP contribution < -0.4 is 0 Å². The predicted octanol–water partition coefficient (Wildman–Crippen LogP) is 0.487. The van der Waals surface area contributed by atoms with Gasteiger partial charge < -0.3 is 0 Å². The minimum atomic E-state index is 0.639. The summed E-state index contributed by atoms with van der Waals surface area (Å²) in [6.07, 6.45) is 4.19. The van der Waals surface area contributed by atoms with Crippen LogP contribution in [0.15, 0.2) is 12.5 Å². The maximum atomic E-state index is 3.98. The zero-order chi connectivity index (χ0) is 7.68. The van der Waals surface area contributed by atoms with Gasteiger partial charge in [-0.25, -0.2) is 4.98 Å². The van der Waals surface area contributed by atoms with Crippen LogP contribution in [-0.4, -0.2) is 19.6 Å². The van der Waals surface area contributed by atoms with E-state index in [2.05, 4.69) is 28.2 Å². The average molecular weight is 147 g/mol. The Labute approximate surface area is 63.9 Å². The first kappa shape index (κ1) is 6.27. The molecule has 0 spiro atoms. The molecule has 2 heterocycles. The highest BCUT2D eigenvalue weighted by Crippen LogP contribution is 2.00. The van der Waals surface area contributed by atoms with E-state index in [1.54, 1.807) is 12.5 Å². The van der Waals surface area contributed by atoms with E-state index in [-0.39, 0.29) is 0 Å². The third-order valence-electron chi connectivity index (χ3n) is 1.57. The Morgan fingerprint density at radius 3 is 3.36 bits per heavy atom. The first-order valence-corrected chi connectivity index (χ1v) is 3.47. The third-order valence-corrected chi connectivity index (χ3v) is 1.57. The Morgan fingerprint density at radius 1 is 1.64 bits per heavy atom. The smallest absolute Gasteiger partial charge is 0.255 e. The van der Waals surface area contributed by atoms with Gasteiger partial charge in [0.25, 0.3) is 5.78 Å². The molecule has 0 atom stereocenters. The molecule has 0 aliphatic rings. The lowest BCUT2D eigenvalue weighted by Gasteiger charge is -1.96. The van der Waals surface area contributed by atoms with Gasteiger partial charge in [-0.15, -0.1) is 10.2 Å². The van der Waals surface area contributed by atoms with Crippen LogP contribution in [0.1, 0.15) is 12.6 Å². The van der Waals surface area contributed by atoms with Crippen molar-refractivity contribution >= 4 is 5.78 Å². The molecule has 2 rings (SSSR count). The van der Waals surface area contributed by atoms with Gasteiger partial charge in [-0.05, 0) is 6.42 Å². The standard InChI is InChI=1S/C7H7N4/c1-2-6-3-4-8-7-10-9-5-11(6)7/h4-5H,2H2,1H3. The number of aryl methyl sites for hydroxylation is 1. The highest BCUT2D eigenvalue weighted by atomic mass is 15.3. The maximum absolute atomic E-state index is 3.98. The lowest BCUT2D eigenvalue weighted by molar-refractivity contribution is 0.947. The summed E-state index contributed by atoms with van der Waals surface area (Å²) in [6.45, 7) is 2.06. The first-order valence-electron chi connectivity index (χ1n) is 3.47. The van der Waals surface area contributed by atoms with Crippen LogP contribution in [0.5, 0.6) is 0 Å². The van der Waals surface area contributed by atoms with Crippen LogP contribution in [0, 0.1) is 6.07 Å². The summed E-state index contributed by atoms with van der Waals surface area (Å²) in [7, 11) is 0. The summed E-state index contributed by atoms with van der Waals surface area (Å²) in [5, 5.41) is 7.55. The molecule has 0 aliphatic heterocycles. The lowest BCUT2D eigenvalue weighted by Crippen LogP contribution is -1.95. The summed E-state index contributed by atoms with van der Waals surface area (Å²) in [5.74, 6) is 0.639. The third kappa shape index (κ3) is 0.869. The lowest BCUT2D eigenvalue weighted by atomic mass is 10.3. The molecule has 0 unspecified atom stereocenters. The number of fused-ring (bicyclic) bond motifs is 1. The molecular formula is C7H7N4. The molecule has 1 radical (unpaired) electrons. The van der Waals surface area contributed by atoms with Crippen molar-refractivity contribution in [2.75, 3.05) is 0 Å². The van der Waals surface area contributed by atoms with Crippen molar-refractivity contribution in [3.8, 4) is 0 Å². The van der Waals surface area contributed by atoms with E-state index in [1.807, 2.05) is 4.40 Å². The van der Waals surface area contributed by atoms with Gasteiger partial charge in [0.2, 0.25) is 0 Å². The molecule has 11 heavy (non-hydrogen) atoms. The van der Waals surface area contributed by atoms with E-state index in [9.17, 15) is 0 Å². The van der Waals surface area contributed by atoms with E-state index in [1.165, 1.54) is 0 Å². The van der Waals surface area contributed by atoms with Crippen molar-refractivity contribution in [2.24, 2.45) is 0 Å². The van der Waals surface area contributed by atoms with Crippen molar-refractivity contribution in [1.29, 1.82) is 0 Å². The maximum Gasteiger partial charge on any atom is 0.255 e. The quantitative estimate of drug-likeness (QED) is 0.589. The van der Waals surface area contributed by atoms with Gasteiger partial charge in [0.05, 0.1) is 0 Å². The fourth-order valence-corrected chi connectivity index (χ4v) is 1.01. The molecule has 0 aromatic carbocycles. The van der Waals surface area contributed by atoms with Gasteiger partial charge in [0, 0.05) is 18.0 Å². The number of nitrogens with zero attached hydrogens (tertiary/aromatic N) is 4. The van der Waals surface area contributed by atoms with Crippen molar-refractivity contribution in [3.05, 3.63) is 24.3 Å². The number of hydrogen-bond donors (Lipinski definition) is 0. The SMILES string of the molecule is CCc1[c]cnc2nncn12. The minimum absolute atomic E-state index is 0.639. The average Bonchev–Trinajstić information content (AvgIpc) is 2.50. The Hall–Kier alpha value is -1.45. The van der Waals surface area contributed by atoms with Crippen LogP contribution in [0.4, 0.5) is 0 Å². The molecule has 0 aliphatic carbocycles. The topological polar surface area (TPSA) is 43.1 Å². The normalized spacial score (nSPS) is 10.6. The largest absolute Gasteiger partial charge is 0.269 e. The molecule has 2 aromatic rings. The Kier molecular flexibility index (Phi) is 1.31. The van der Waals surface area contributed by atoms with E-state index in [4.69, 9.17) is 0 Å². The van der Waals surface area contributed by atoms with Crippen LogP contribution >= 0.6 is 0 Å². The summed E-state index contributed by atoms with van der Waals surface area (Å²) in [5.41, 5.74) is 1.06. The molecule has 0 bridgehead atoms. The number of aromatic nitrogens is 4. The Bertz CT molecular complexity index is 365. The number of rotatable bonds is 1. The van der Waals surface area contributed by atoms with Crippen LogP contribution in [0.25, 0.3) is 5.78 Å². The summed E-state index contributed by atoms with van der Waals surface area (Å²) >= 11 is 0. The van der Waals surface area contributed by atoms with Gasteiger partial charge in [-0.1, -0.05) is 6.92 Å². The second kappa shape index (κ2) is 2.30. The van der Waals surface area contributed by atoms with Crippen LogP contribution in [-0.2, 0) is 6.42 Å². The fourth-order valence-electron chi connectivity index (χ4n) is 1.01. The van der Waals surface area contributed by atoms with Crippen molar-refractivity contribution < 1.29 is 0 Å². The molecule has 2 aromatic heterocycles. The van der Waals surface area contributed by atoms with Gasteiger partial charge in [-0.2, -0.15) is 0 Å². The molecular weight excluding hydrogens is 140 g/mol. The molecule has 0 amide bonds. The molecule has 0 saturated carbocycles. The molecule has 0 fully saturated rings. The predicted molar refractivity (Wildman–Crippen MR) is 39.0 cm³/mol. The minimum Gasteiger partial charge on any atom is -0.269 e. The summed E-state index contributed by atoms with van der Waals surface area (Å²) in [6, 6.07) is 3.02. The monoisotopic (exact) mass is 147 g/mol. The second-order valence-corrected chi connectivity index (χ2v) is 2.20. The van der Waals surface area contributed by atoms with E-state index < -0.39 is 0 Å². The van der Waals surface area contributed by atoms with Crippen molar-refractivity contribution in [2.45, 2.75) is 13.3 Å². The summed E-state index contributed by atoms with van der Waals surface area (Å²) < 4.78 is 1.83. The Balaban J connectivity index is 2.79. The zero-order valence-electron chi connectivity index (χ0n) is 6.15. The van der Waals surface area contributed by atoms with Crippen molar-refractivity contribution in [3.63, 3.8) is 0 Å². The number of hydrogen-bond acceptors (Lipinski definition) is 3. The highest BCUT2D eigenvalue weighted by Gasteiger charge is 1.98. The molecule has 0 N–H and O–H groups in total. The second-order valence-electron chi connectivity index (χ2n) is 2.20. The zero-order valence-corrected chi connectivity index (χ0v) is 6.15. The molecule has 0 saturated heterocycles. The van der Waals surface area contributed by atoms with Gasteiger partial charge >= 0.3 is 0 Å². The highest BCUT2D eigenvalue weighted by molar-refractivity contribution is 5.26. The van der Waals surface area contributed by atoms with Gasteiger partial charge in [-0.3, -0.25) is 4.40 Å². The van der Waals surface area contributed by atoms with E-state index in [0.29, 0.717) is 5.78 Å². The van der Waals surface area contributed by atoms with Crippen LogP contribution in [0.3, 0.4) is 0 Å². The molecule has 4 heteroatoms. The van der Waals surface area contributed by atoms with Gasteiger partial charge in [0.15, 0.2) is 0 Å². The van der Waals surface area contributed by atoms with Gasteiger partial charge in [0.1, 0.15) is 6.33 Å². The van der Waals surface area contributed by atoms with E-state index >= 15 is 0 Å². The van der Waals surface area contributed by atoms with Crippen LogP contribution in [0.2, 0.25) is 0 Å². The molecule has 4 nitrogen and oxygen atoms in total. The van der Waals surface area contributed by atoms with Crippen molar-refractivity contribution in [1.82, 2.24) is 19.6 Å².